The van der Waals surface area contributed by atoms with Gasteiger partial charge >= 0.3 is 0 Å². The van der Waals surface area contributed by atoms with Gasteiger partial charge in [-0.1, -0.05) is 49.4 Å². The Balaban J connectivity index is 1.97. The lowest BCUT2D eigenvalue weighted by atomic mass is 10.0. The summed E-state index contributed by atoms with van der Waals surface area (Å²) in [5.41, 5.74) is 2.57. The van der Waals surface area contributed by atoms with Gasteiger partial charge < -0.3 is 10.1 Å². The van der Waals surface area contributed by atoms with E-state index in [2.05, 4.69) is 12.2 Å². The zero-order valence-corrected chi connectivity index (χ0v) is 15.3. The summed E-state index contributed by atoms with van der Waals surface area (Å²) in [6.45, 7) is 2.07. The van der Waals surface area contributed by atoms with Gasteiger partial charge in [0.1, 0.15) is 17.4 Å². The van der Waals surface area contributed by atoms with Crippen LogP contribution >= 0.6 is 0 Å². The van der Waals surface area contributed by atoms with Crippen LogP contribution in [0.15, 0.2) is 66.2 Å². The molecule has 4 nitrogen and oxygen atoms in total. The maximum atomic E-state index is 12.6. The molecule has 3 aromatic rings. The largest absolute Gasteiger partial charge is 0.496 e. The molecule has 0 aromatic heterocycles. The van der Waals surface area contributed by atoms with Crippen LogP contribution in [0.5, 0.6) is 5.75 Å². The number of hydrogen-bond acceptors (Lipinski definition) is 3. The topological polar surface area (TPSA) is 62.1 Å². The lowest BCUT2D eigenvalue weighted by Gasteiger charge is -2.10. The van der Waals surface area contributed by atoms with Crippen molar-refractivity contribution in [3.8, 4) is 11.8 Å². The molecule has 1 N–H and O–H groups in total. The van der Waals surface area contributed by atoms with Gasteiger partial charge in [-0.15, -0.1) is 0 Å². The number of fused-ring (bicyclic) bond motifs is 1. The number of methoxy groups -OCH3 is 1. The molecule has 0 unspecified atom stereocenters. The van der Waals surface area contributed by atoms with Crippen LogP contribution in [0.25, 0.3) is 16.8 Å². The van der Waals surface area contributed by atoms with E-state index in [9.17, 15) is 10.1 Å². The van der Waals surface area contributed by atoms with Crippen LogP contribution in [0.2, 0.25) is 0 Å². The van der Waals surface area contributed by atoms with E-state index in [4.69, 9.17) is 4.74 Å². The Morgan fingerprint density at radius 3 is 2.52 bits per heavy atom. The van der Waals surface area contributed by atoms with E-state index >= 15 is 0 Å². The molecule has 0 aliphatic heterocycles. The number of benzene rings is 3. The molecule has 0 spiro atoms. The highest BCUT2D eigenvalue weighted by atomic mass is 16.5. The van der Waals surface area contributed by atoms with Gasteiger partial charge in [-0.25, -0.2) is 0 Å². The molecule has 3 rings (SSSR count). The summed E-state index contributed by atoms with van der Waals surface area (Å²) in [5.74, 6) is 0.165. The van der Waals surface area contributed by atoms with Crippen LogP contribution in [0.3, 0.4) is 0 Å². The first-order valence-electron chi connectivity index (χ1n) is 8.74. The van der Waals surface area contributed by atoms with E-state index in [1.165, 1.54) is 5.56 Å². The number of carbonyl (C=O) groups is 1. The van der Waals surface area contributed by atoms with Crippen molar-refractivity contribution >= 4 is 28.4 Å². The Labute approximate surface area is 158 Å². The number of hydrogen-bond donors (Lipinski definition) is 1. The first kappa shape index (κ1) is 18.2. The Morgan fingerprint density at radius 2 is 1.85 bits per heavy atom. The van der Waals surface area contributed by atoms with E-state index in [-0.39, 0.29) is 5.57 Å². The van der Waals surface area contributed by atoms with Crippen molar-refractivity contribution in [2.45, 2.75) is 13.3 Å². The second-order valence-electron chi connectivity index (χ2n) is 6.08. The van der Waals surface area contributed by atoms with Crippen LogP contribution in [0.4, 0.5) is 5.69 Å². The lowest BCUT2D eigenvalue weighted by molar-refractivity contribution is -0.112. The van der Waals surface area contributed by atoms with Gasteiger partial charge in [-0.3, -0.25) is 4.79 Å². The molecular formula is C23H20N2O2. The minimum atomic E-state index is -0.447. The maximum absolute atomic E-state index is 12.6. The molecule has 4 heteroatoms. The summed E-state index contributed by atoms with van der Waals surface area (Å²) < 4.78 is 5.44. The van der Waals surface area contributed by atoms with Gasteiger partial charge in [0.05, 0.1) is 7.11 Å². The fourth-order valence-corrected chi connectivity index (χ4v) is 2.92. The maximum Gasteiger partial charge on any atom is 0.266 e. The molecule has 3 aromatic carbocycles. The zero-order chi connectivity index (χ0) is 19.2. The zero-order valence-electron chi connectivity index (χ0n) is 15.3. The van der Waals surface area contributed by atoms with Crippen LogP contribution in [0.1, 0.15) is 18.1 Å². The van der Waals surface area contributed by atoms with E-state index < -0.39 is 5.91 Å². The molecule has 27 heavy (non-hydrogen) atoms. The Morgan fingerprint density at radius 1 is 1.11 bits per heavy atom. The summed E-state index contributed by atoms with van der Waals surface area (Å²) in [6, 6.07) is 21.2. The van der Waals surface area contributed by atoms with Crippen molar-refractivity contribution < 1.29 is 9.53 Å². The summed E-state index contributed by atoms with van der Waals surface area (Å²) in [6.07, 6.45) is 2.51. The van der Waals surface area contributed by atoms with Crippen molar-refractivity contribution in [2.75, 3.05) is 12.4 Å². The minimum absolute atomic E-state index is 0.0178. The van der Waals surface area contributed by atoms with Gasteiger partial charge in [-0.05, 0) is 47.0 Å². The van der Waals surface area contributed by atoms with Crippen LogP contribution < -0.4 is 10.1 Å². The molecular weight excluding hydrogens is 336 g/mol. The number of amides is 1. The fraction of sp³-hybridized carbons (Fsp3) is 0.130. The van der Waals surface area contributed by atoms with Crippen molar-refractivity contribution in [1.29, 1.82) is 5.26 Å². The molecule has 0 fully saturated rings. The number of ether oxygens (including phenoxy) is 1. The monoisotopic (exact) mass is 356 g/mol. The fourth-order valence-electron chi connectivity index (χ4n) is 2.92. The number of aryl methyl sites for hydroxylation is 1. The van der Waals surface area contributed by atoms with Crippen molar-refractivity contribution in [1.82, 2.24) is 0 Å². The second-order valence-corrected chi connectivity index (χ2v) is 6.08. The normalized spacial score (nSPS) is 11.1. The highest BCUT2D eigenvalue weighted by Crippen LogP contribution is 2.30. The molecule has 0 aliphatic rings. The van der Waals surface area contributed by atoms with Crippen LogP contribution in [0, 0.1) is 11.3 Å². The first-order chi connectivity index (χ1) is 13.2. The van der Waals surface area contributed by atoms with Gasteiger partial charge in [0.15, 0.2) is 0 Å². The lowest BCUT2D eigenvalue weighted by Crippen LogP contribution is -2.13. The Hall–Kier alpha value is -3.58. The molecule has 0 atom stereocenters. The van der Waals surface area contributed by atoms with E-state index in [0.717, 1.165) is 17.2 Å². The third-order valence-corrected chi connectivity index (χ3v) is 4.42. The standard InChI is InChI=1S/C23H20N2O2/c1-3-16-8-11-19(12-9-16)25-23(26)18(15-24)14-21-20-7-5-4-6-17(20)10-13-22(21)27-2/h4-14H,3H2,1-2H3,(H,25,26)/b18-14-. The predicted molar refractivity (Wildman–Crippen MR) is 109 cm³/mol. The Kier molecular flexibility index (Phi) is 5.53. The highest BCUT2D eigenvalue weighted by molar-refractivity contribution is 6.11. The SMILES string of the molecule is CCc1ccc(NC(=O)/C(C#N)=C\c2c(OC)ccc3ccccc23)cc1. The van der Waals surface area contributed by atoms with Gasteiger partial charge in [0.2, 0.25) is 0 Å². The highest BCUT2D eigenvalue weighted by Gasteiger charge is 2.13. The average Bonchev–Trinajstić information content (AvgIpc) is 2.72. The molecule has 0 radical (unpaired) electrons. The quantitative estimate of drug-likeness (QED) is 0.519. The third-order valence-electron chi connectivity index (χ3n) is 4.42. The van der Waals surface area contributed by atoms with Crippen LogP contribution in [-0.2, 0) is 11.2 Å². The first-order valence-corrected chi connectivity index (χ1v) is 8.74. The van der Waals surface area contributed by atoms with E-state index in [1.54, 1.807) is 13.2 Å². The summed E-state index contributed by atoms with van der Waals surface area (Å²) in [7, 11) is 1.57. The number of anilines is 1. The molecule has 0 bridgehead atoms. The number of nitriles is 1. The summed E-state index contributed by atoms with van der Waals surface area (Å²) in [4.78, 5) is 12.6. The molecule has 0 saturated heterocycles. The third kappa shape index (κ3) is 3.99. The van der Waals surface area contributed by atoms with Gasteiger partial charge in [0.25, 0.3) is 5.91 Å². The second kappa shape index (κ2) is 8.20. The van der Waals surface area contributed by atoms with Crippen molar-refractivity contribution in [2.24, 2.45) is 0 Å². The summed E-state index contributed by atoms with van der Waals surface area (Å²) in [5, 5.41) is 14.2. The number of nitrogens with zero attached hydrogens (tertiary/aromatic N) is 1. The summed E-state index contributed by atoms with van der Waals surface area (Å²) >= 11 is 0. The Bertz CT molecular complexity index is 1040. The average molecular weight is 356 g/mol. The van der Waals surface area contributed by atoms with Crippen molar-refractivity contribution in [3.63, 3.8) is 0 Å². The number of nitrogens with one attached hydrogen (secondary N) is 1. The number of rotatable bonds is 5. The predicted octanol–water partition coefficient (Wildman–Crippen LogP) is 4.96. The van der Waals surface area contributed by atoms with E-state index in [0.29, 0.717) is 17.0 Å². The van der Waals surface area contributed by atoms with Crippen molar-refractivity contribution in [3.05, 3.63) is 77.4 Å². The molecule has 1 amide bonds. The van der Waals surface area contributed by atoms with E-state index in [1.807, 2.05) is 66.7 Å². The smallest absolute Gasteiger partial charge is 0.266 e. The van der Waals surface area contributed by atoms with Gasteiger partial charge in [0, 0.05) is 11.3 Å². The molecule has 0 aliphatic carbocycles. The van der Waals surface area contributed by atoms with Crippen LogP contribution in [-0.4, -0.2) is 13.0 Å². The molecule has 0 saturated carbocycles. The number of carbonyl (C=O) groups excluding carboxylic acids is 1. The molecule has 134 valence electrons. The van der Waals surface area contributed by atoms with Gasteiger partial charge in [-0.2, -0.15) is 5.26 Å². The minimum Gasteiger partial charge on any atom is -0.496 e. The molecule has 0 heterocycles.